The van der Waals surface area contributed by atoms with Gasteiger partial charge in [-0.05, 0) is 45.0 Å². The first kappa shape index (κ1) is 29.5. The third kappa shape index (κ3) is 7.41. The highest BCUT2D eigenvalue weighted by molar-refractivity contribution is 7.92. The average molecular weight is 561 g/mol. The van der Waals surface area contributed by atoms with Crippen molar-refractivity contribution in [2.45, 2.75) is 39.4 Å². The van der Waals surface area contributed by atoms with Crippen molar-refractivity contribution >= 4 is 50.7 Å². The summed E-state index contributed by atoms with van der Waals surface area (Å²) in [5, 5.41) is 3.40. The Labute approximate surface area is 222 Å². The fourth-order valence-electron chi connectivity index (χ4n) is 3.43. The number of nitrogens with zero attached hydrogens (tertiary/aromatic N) is 2. The molecular formula is C24H31Cl2N3O6S. The van der Waals surface area contributed by atoms with Crippen LogP contribution in [-0.2, 0) is 26.2 Å². The molecule has 0 aliphatic heterocycles. The van der Waals surface area contributed by atoms with E-state index in [0.29, 0.717) is 21.4 Å². The molecule has 0 heterocycles. The van der Waals surface area contributed by atoms with Crippen LogP contribution in [0.5, 0.6) is 11.5 Å². The number of rotatable bonds is 11. The molecule has 0 saturated heterocycles. The summed E-state index contributed by atoms with van der Waals surface area (Å²) in [6.07, 6.45) is 0.976. The van der Waals surface area contributed by atoms with Crippen LogP contribution in [0, 0.1) is 0 Å². The van der Waals surface area contributed by atoms with Crippen molar-refractivity contribution in [3.8, 4) is 11.5 Å². The summed E-state index contributed by atoms with van der Waals surface area (Å²) in [7, 11) is -1.14. The van der Waals surface area contributed by atoms with Crippen molar-refractivity contribution in [3.05, 3.63) is 52.0 Å². The van der Waals surface area contributed by atoms with Gasteiger partial charge in [0, 0.05) is 34.3 Å². The average Bonchev–Trinajstić information content (AvgIpc) is 2.80. The second-order valence-corrected chi connectivity index (χ2v) is 11.1. The van der Waals surface area contributed by atoms with Gasteiger partial charge in [0.15, 0.2) is 0 Å². The lowest BCUT2D eigenvalue weighted by Crippen LogP contribution is -2.52. The van der Waals surface area contributed by atoms with E-state index in [1.165, 1.54) is 31.3 Å². The zero-order valence-electron chi connectivity index (χ0n) is 21.0. The number of halogens is 2. The molecular weight excluding hydrogens is 529 g/mol. The molecule has 0 aliphatic carbocycles. The quantitative estimate of drug-likeness (QED) is 0.449. The normalized spacial score (nSPS) is 12.1. The van der Waals surface area contributed by atoms with E-state index in [9.17, 15) is 18.0 Å². The number of amides is 2. The Kier molecular flexibility index (Phi) is 10.3. The lowest BCUT2D eigenvalue weighted by atomic mass is 10.1. The minimum absolute atomic E-state index is 0.114. The number of hydrogen-bond acceptors (Lipinski definition) is 6. The van der Waals surface area contributed by atoms with Crippen molar-refractivity contribution in [3.63, 3.8) is 0 Å². The number of hydrogen-bond donors (Lipinski definition) is 1. The molecule has 2 amide bonds. The largest absolute Gasteiger partial charge is 0.497 e. The number of methoxy groups -OCH3 is 2. The molecule has 2 aromatic carbocycles. The van der Waals surface area contributed by atoms with Crippen LogP contribution in [-0.4, -0.2) is 64.2 Å². The number of ether oxygens (including phenoxy) is 2. The van der Waals surface area contributed by atoms with Crippen molar-refractivity contribution in [2.24, 2.45) is 0 Å². The molecule has 1 atom stereocenters. The summed E-state index contributed by atoms with van der Waals surface area (Å²) in [5.74, 6) is -0.462. The maximum atomic E-state index is 13.7. The molecule has 0 unspecified atom stereocenters. The van der Waals surface area contributed by atoms with Gasteiger partial charge in [-0.3, -0.25) is 13.9 Å². The molecule has 2 aromatic rings. The zero-order valence-corrected chi connectivity index (χ0v) is 23.4. The third-order valence-corrected chi connectivity index (χ3v) is 7.16. The van der Waals surface area contributed by atoms with Gasteiger partial charge in [0.05, 0.1) is 26.2 Å². The highest BCUT2D eigenvalue weighted by Crippen LogP contribution is 2.34. The molecule has 9 nitrogen and oxygen atoms in total. The topological polar surface area (TPSA) is 105 Å². The number of nitrogens with one attached hydrogen (secondary N) is 1. The monoisotopic (exact) mass is 559 g/mol. The lowest BCUT2D eigenvalue weighted by molar-refractivity contribution is -0.139. The molecule has 0 fully saturated rings. The molecule has 0 aliphatic rings. The van der Waals surface area contributed by atoms with E-state index in [1.807, 2.05) is 0 Å². The second kappa shape index (κ2) is 12.5. The van der Waals surface area contributed by atoms with Gasteiger partial charge >= 0.3 is 0 Å². The van der Waals surface area contributed by atoms with Crippen molar-refractivity contribution in [1.82, 2.24) is 10.2 Å². The molecule has 198 valence electrons. The second-order valence-electron chi connectivity index (χ2n) is 8.37. The van der Waals surface area contributed by atoms with E-state index in [4.69, 9.17) is 32.7 Å². The van der Waals surface area contributed by atoms with E-state index < -0.39 is 34.4 Å². The first-order valence-electron chi connectivity index (χ1n) is 11.0. The summed E-state index contributed by atoms with van der Waals surface area (Å²) in [6.45, 7) is 4.42. The van der Waals surface area contributed by atoms with Crippen LogP contribution in [0.15, 0.2) is 36.4 Å². The Hall–Kier alpha value is -2.69. The number of benzene rings is 2. The fourth-order valence-corrected chi connectivity index (χ4v) is 4.79. The molecule has 0 spiro atoms. The molecule has 0 bridgehead atoms. The summed E-state index contributed by atoms with van der Waals surface area (Å²) in [6, 6.07) is 8.37. The molecule has 0 radical (unpaired) electrons. The Bertz CT molecular complexity index is 1190. The van der Waals surface area contributed by atoms with Gasteiger partial charge in [-0.2, -0.15) is 0 Å². The highest BCUT2D eigenvalue weighted by Gasteiger charge is 2.32. The number of carbonyl (C=O) groups excluding carboxylic acids is 2. The molecule has 0 saturated carbocycles. The first-order chi connectivity index (χ1) is 16.8. The Morgan fingerprint density at radius 1 is 1.03 bits per heavy atom. The van der Waals surface area contributed by atoms with Gasteiger partial charge in [0.1, 0.15) is 24.1 Å². The molecule has 0 aromatic heterocycles. The van der Waals surface area contributed by atoms with E-state index in [1.54, 1.807) is 45.0 Å². The standard InChI is InChI=1S/C24H31Cl2N3O6S/c1-15(2)27-24(31)16(3)28(13-18-19(25)8-7-9-20(18)26)23(30)14-29(36(6,32)33)21-12-17(34-4)10-11-22(21)35-5/h7-12,15-16H,13-14H2,1-6H3,(H,27,31)/t16-/m0/s1. The summed E-state index contributed by atoms with van der Waals surface area (Å²) in [4.78, 5) is 27.8. The van der Waals surface area contributed by atoms with E-state index in [0.717, 1.165) is 10.6 Å². The maximum Gasteiger partial charge on any atom is 0.244 e. The van der Waals surface area contributed by atoms with Gasteiger partial charge in [0.2, 0.25) is 21.8 Å². The van der Waals surface area contributed by atoms with Crippen LogP contribution >= 0.6 is 23.2 Å². The maximum absolute atomic E-state index is 13.7. The van der Waals surface area contributed by atoms with E-state index in [2.05, 4.69) is 5.32 Å². The van der Waals surface area contributed by atoms with Crippen LogP contribution in [0.25, 0.3) is 0 Å². The Morgan fingerprint density at radius 2 is 1.64 bits per heavy atom. The summed E-state index contributed by atoms with van der Waals surface area (Å²) < 4.78 is 37.1. The number of anilines is 1. The van der Waals surface area contributed by atoms with Crippen molar-refractivity contribution in [1.29, 1.82) is 0 Å². The smallest absolute Gasteiger partial charge is 0.244 e. The zero-order chi connectivity index (χ0) is 27.2. The van der Waals surface area contributed by atoms with Gasteiger partial charge < -0.3 is 19.7 Å². The number of sulfonamides is 1. The third-order valence-electron chi connectivity index (χ3n) is 5.32. The van der Waals surface area contributed by atoms with Gasteiger partial charge in [-0.1, -0.05) is 29.3 Å². The van der Waals surface area contributed by atoms with Crippen LogP contribution in [0.4, 0.5) is 5.69 Å². The molecule has 2 rings (SSSR count). The van der Waals surface area contributed by atoms with Crippen molar-refractivity contribution < 1.29 is 27.5 Å². The summed E-state index contributed by atoms with van der Waals surface area (Å²) in [5.41, 5.74) is 0.547. The van der Waals surface area contributed by atoms with E-state index >= 15 is 0 Å². The first-order valence-corrected chi connectivity index (χ1v) is 13.6. The van der Waals surface area contributed by atoms with Crippen LogP contribution in [0.2, 0.25) is 10.0 Å². The number of carbonyl (C=O) groups is 2. The minimum atomic E-state index is -3.96. The van der Waals surface area contributed by atoms with Crippen LogP contribution in [0.3, 0.4) is 0 Å². The SMILES string of the molecule is COc1ccc(OC)c(N(CC(=O)N(Cc2c(Cl)cccc2Cl)[C@@H](C)C(=O)NC(C)C)S(C)(=O)=O)c1. The fraction of sp³-hybridized carbons (Fsp3) is 0.417. The van der Waals surface area contributed by atoms with Gasteiger partial charge in [-0.25, -0.2) is 8.42 Å². The highest BCUT2D eigenvalue weighted by atomic mass is 35.5. The Balaban J connectivity index is 2.54. The minimum Gasteiger partial charge on any atom is -0.497 e. The predicted octanol–water partition coefficient (Wildman–Crippen LogP) is 3.72. The van der Waals surface area contributed by atoms with Crippen LogP contribution < -0.4 is 19.1 Å². The Morgan fingerprint density at radius 3 is 2.14 bits per heavy atom. The summed E-state index contributed by atoms with van der Waals surface area (Å²) >= 11 is 12.7. The molecule has 36 heavy (non-hydrogen) atoms. The predicted molar refractivity (Wildman–Crippen MR) is 141 cm³/mol. The van der Waals surface area contributed by atoms with Gasteiger partial charge in [-0.15, -0.1) is 0 Å². The lowest BCUT2D eigenvalue weighted by Gasteiger charge is -2.32. The molecule has 1 N–H and O–H groups in total. The van der Waals surface area contributed by atoms with Crippen LogP contribution in [0.1, 0.15) is 26.3 Å². The van der Waals surface area contributed by atoms with Crippen molar-refractivity contribution in [2.75, 3.05) is 31.3 Å². The van der Waals surface area contributed by atoms with E-state index in [-0.39, 0.29) is 24.0 Å². The molecule has 12 heteroatoms. The van der Waals surface area contributed by atoms with Gasteiger partial charge in [0.25, 0.3) is 0 Å².